The minimum Gasteiger partial charge on any atom is -0.871 e. The Bertz CT molecular complexity index is 2220. The van der Waals surface area contributed by atoms with Gasteiger partial charge in [-0.05, 0) is 81.1 Å². The molecule has 4 aromatic rings. The Kier molecular flexibility index (Phi) is 12.2. The number of alkyl carbamates (subject to hydrolysis) is 1. The summed E-state index contributed by atoms with van der Waals surface area (Å²) in [6.07, 6.45) is 2.19. The number of carbonyl (C=O) groups excluding carboxylic acids is 3. The molecular weight excluding hydrogens is 707 g/mol. The van der Waals surface area contributed by atoms with Crippen molar-refractivity contribution in [2.45, 2.75) is 47.1 Å². The number of para-hydroxylation sites is 1. The highest BCUT2D eigenvalue weighted by Crippen LogP contribution is 2.44. The predicted molar refractivity (Wildman–Crippen MR) is 219 cm³/mol. The molecule has 56 heavy (non-hydrogen) atoms. The van der Waals surface area contributed by atoms with Crippen LogP contribution in [0, 0.1) is 12.8 Å². The van der Waals surface area contributed by atoms with Crippen LogP contribution < -0.4 is 24.6 Å². The molecule has 0 spiro atoms. The molecule has 6 rings (SSSR count). The van der Waals surface area contributed by atoms with E-state index in [1.807, 2.05) is 71.5 Å². The van der Waals surface area contributed by atoms with Crippen LogP contribution in [0.25, 0.3) is 11.1 Å². The predicted octanol–water partition coefficient (Wildman–Crippen LogP) is 7.82. The topological polar surface area (TPSA) is 120 Å². The van der Waals surface area contributed by atoms with Gasteiger partial charge in [0.05, 0.1) is 17.7 Å². The highest BCUT2D eigenvalue weighted by molar-refractivity contribution is 6.44. The molecule has 288 valence electrons. The van der Waals surface area contributed by atoms with E-state index in [0.29, 0.717) is 22.8 Å². The molecule has 10 heteroatoms. The Morgan fingerprint density at radius 2 is 1.50 bits per heavy atom. The molecule has 1 amide bonds. The molecule has 10 nitrogen and oxygen atoms in total. The van der Waals surface area contributed by atoms with Gasteiger partial charge in [-0.25, -0.2) is 9.59 Å². The molecule has 0 bridgehead atoms. The van der Waals surface area contributed by atoms with Gasteiger partial charge in [-0.3, -0.25) is 4.79 Å². The fraction of sp³-hybridized carbons (Fsp3) is 0.261. The van der Waals surface area contributed by atoms with Gasteiger partial charge in [-0.15, -0.1) is 0 Å². The maximum atomic E-state index is 13.8. The Morgan fingerprint density at radius 3 is 2.14 bits per heavy atom. The molecule has 0 radical (unpaired) electrons. The third-order valence-corrected chi connectivity index (χ3v) is 9.54. The molecule has 1 atom stereocenters. The third kappa shape index (κ3) is 8.76. The fourth-order valence-corrected chi connectivity index (χ4v) is 6.90. The molecule has 1 aliphatic heterocycles. The lowest BCUT2D eigenvalue weighted by Gasteiger charge is -2.34. The SMILES string of the molecule is C=C(C)C(=O)OCCNC(=O)OCCOc1ccc([N+]2=C/C(=C3\C(=O)C(c4ccc(N(c5ccc(C)cc5)C(C)CC(C)C)cc4)=C3[O-])c3ccccc32)cc1. The van der Waals surface area contributed by atoms with E-state index in [-0.39, 0.29) is 60.7 Å². The molecular formula is C46H47N3O7. The van der Waals surface area contributed by atoms with Crippen molar-refractivity contribution in [3.8, 4) is 5.75 Å². The average Bonchev–Trinajstić information content (AvgIpc) is 3.55. The summed E-state index contributed by atoms with van der Waals surface area (Å²) in [6, 6.07) is 31.5. The first-order chi connectivity index (χ1) is 26.9. The third-order valence-electron chi connectivity index (χ3n) is 9.54. The summed E-state index contributed by atoms with van der Waals surface area (Å²) >= 11 is 0. The van der Waals surface area contributed by atoms with Crippen LogP contribution in [0.4, 0.5) is 27.5 Å². The van der Waals surface area contributed by atoms with Gasteiger partial charge in [0.25, 0.3) is 0 Å². The van der Waals surface area contributed by atoms with Crippen molar-refractivity contribution in [1.82, 2.24) is 9.89 Å². The van der Waals surface area contributed by atoms with Crippen molar-refractivity contribution in [3.05, 3.63) is 137 Å². The lowest BCUT2D eigenvalue weighted by Crippen LogP contribution is -2.31. The van der Waals surface area contributed by atoms with Crippen LogP contribution >= 0.6 is 0 Å². The van der Waals surface area contributed by atoms with Crippen LogP contribution in [0.15, 0.2) is 121 Å². The molecule has 2 aliphatic rings. The van der Waals surface area contributed by atoms with E-state index in [9.17, 15) is 19.5 Å². The number of amides is 1. The van der Waals surface area contributed by atoms with E-state index in [1.54, 1.807) is 19.1 Å². The van der Waals surface area contributed by atoms with Crippen molar-refractivity contribution in [2.24, 2.45) is 5.92 Å². The number of esters is 1. The van der Waals surface area contributed by atoms with Gasteiger partial charge in [0.2, 0.25) is 11.4 Å². The molecule has 1 N–H and O–H groups in total. The summed E-state index contributed by atoms with van der Waals surface area (Å²) in [6.45, 7) is 14.0. The average molecular weight is 754 g/mol. The summed E-state index contributed by atoms with van der Waals surface area (Å²) in [5.74, 6) is 0.0401. The number of fused-ring (bicyclic) bond motifs is 1. The monoisotopic (exact) mass is 753 g/mol. The first kappa shape index (κ1) is 39.3. The Morgan fingerprint density at radius 1 is 0.839 bits per heavy atom. The number of Topliss-reactive ketones (excluding diaryl/α,β-unsaturated/α-hetero) is 1. The normalized spacial score (nSPS) is 15.1. The Labute approximate surface area is 328 Å². The molecule has 0 aromatic heterocycles. The number of allylic oxidation sites excluding steroid dienone is 3. The van der Waals surface area contributed by atoms with Crippen LogP contribution in [-0.4, -0.2) is 56.5 Å². The van der Waals surface area contributed by atoms with E-state index >= 15 is 0 Å². The molecule has 0 saturated heterocycles. The van der Waals surface area contributed by atoms with E-state index in [0.717, 1.165) is 34.7 Å². The maximum Gasteiger partial charge on any atom is 0.407 e. The number of benzene rings is 4. The molecule has 4 aromatic carbocycles. The Hall–Kier alpha value is -6.42. The number of anilines is 2. The summed E-state index contributed by atoms with van der Waals surface area (Å²) in [5, 5.41) is 16.3. The standard InChI is InChI=1S/C46H47N3O7/c1-29(2)27-32(6)49(35-15-11-31(5)12-16-35)36-17-13-33(14-18-36)41-43(50)42(44(41)51)39-28-48(40-10-8-7-9-38(39)40)34-19-21-37(22-20-34)54-25-26-56-46(53)47-23-24-55-45(52)30(3)4/h7-22,28-29,32H,3,23-27H2,1-2,4-6H3,(H-,47,50,51,53). The largest absolute Gasteiger partial charge is 0.871 e. The van der Waals surface area contributed by atoms with Gasteiger partial charge in [0.15, 0.2) is 12.0 Å². The molecule has 0 saturated carbocycles. The maximum absolute atomic E-state index is 13.8. The van der Waals surface area contributed by atoms with Gasteiger partial charge in [-0.2, -0.15) is 4.58 Å². The number of ether oxygens (including phenoxy) is 3. The van der Waals surface area contributed by atoms with Crippen LogP contribution in [0.2, 0.25) is 0 Å². The van der Waals surface area contributed by atoms with Gasteiger partial charge in [0.1, 0.15) is 25.6 Å². The minimum atomic E-state index is -0.651. The lowest BCUT2D eigenvalue weighted by molar-refractivity contribution is -0.297. The summed E-state index contributed by atoms with van der Waals surface area (Å²) in [4.78, 5) is 39.4. The minimum absolute atomic E-state index is 0.00870. The second-order valence-corrected chi connectivity index (χ2v) is 14.4. The quantitative estimate of drug-likeness (QED) is 0.0565. The zero-order valence-corrected chi connectivity index (χ0v) is 32.5. The second-order valence-electron chi connectivity index (χ2n) is 14.4. The van der Waals surface area contributed by atoms with E-state index in [1.165, 1.54) is 5.56 Å². The molecule has 1 unspecified atom stereocenters. The van der Waals surface area contributed by atoms with E-state index in [2.05, 4.69) is 68.8 Å². The molecule has 0 fully saturated rings. The van der Waals surface area contributed by atoms with E-state index in [4.69, 9.17) is 14.2 Å². The van der Waals surface area contributed by atoms with Crippen molar-refractivity contribution in [1.29, 1.82) is 0 Å². The molecule has 1 aliphatic carbocycles. The first-order valence-electron chi connectivity index (χ1n) is 18.8. The highest BCUT2D eigenvalue weighted by atomic mass is 16.6. The van der Waals surface area contributed by atoms with Crippen molar-refractivity contribution < 1.29 is 33.7 Å². The zero-order chi connectivity index (χ0) is 39.9. The number of nitrogens with one attached hydrogen (secondary N) is 1. The summed E-state index contributed by atoms with van der Waals surface area (Å²) in [7, 11) is 0. The van der Waals surface area contributed by atoms with Crippen LogP contribution in [0.1, 0.15) is 50.8 Å². The number of nitrogens with zero attached hydrogens (tertiary/aromatic N) is 2. The number of carbonyl (C=O) groups is 3. The van der Waals surface area contributed by atoms with Gasteiger partial charge >= 0.3 is 12.1 Å². The zero-order valence-electron chi connectivity index (χ0n) is 32.5. The number of hydrogen-bond donors (Lipinski definition) is 1. The van der Waals surface area contributed by atoms with Crippen molar-refractivity contribution in [3.63, 3.8) is 0 Å². The second kappa shape index (κ2) is 17.4. The van der Waals surface area contributed by atoms with Gasteiger partial charge < -0.3 is 29.5 Å². The number of rotatable bonds is 15. The highest BCUT2D eigenvalue weighted by Gasteiger charge is 2.37. The van der Waals surface area contributed by atoms with Gasteiger partial charge in [-0.1, -0.05) is 68.1 Å². The number of aryl methyl sites for hydroxylation is 1. The molecule has 1 heterocycles. The summed E-state index contributed by atoms with van der Waals surface area (Å²) < 4.78 is 17.7. The van der Waals surface area contributed by atoms with Crippen molar-refractivity contribution in [2.75, 3.05) is 31.3 Å². The Balaban J connectivity index is 1.14. The number of ketones is 1. The van der Waals surface area contributed by atoms with Crippen LogP contribution in [0.5, 0.6) is 5.75 Å². The summed E-state index contributed by atoms with van der Waals surface area (Å²) in [5.41, 5.74) is 7.63. The lowest BCUT2D eigenvalue weighted by atomic mass is 9.80. The first-order valence-corrected chi connectivity index (χ1v) is 18.8. The van der Waals surface area contributed by atoms with E-state index < -0.39 is 12.1 Å². The van der Waals surface area contributed by atoms with Crippen molar-refractivity contribution >= 4 is 58.0 Å². The number of hydrogen-bond acceptors (Lipinski definition) is 8. The fourth-order valence-electron chi connectivity index (χ4n) is 6.90. The van der Waals surface area contributed by atoms with Crippen LogP contribution in [0.3, 0.4) is 0 Å². The van der Waals surface area contributed by atoms with Gasteiger partial charge in [0, 0.05) is 52.3 Å². The van der Waals surface area contributed by atoms with Crippen LogP contribution in [-0.2, 0) is 19.1 Å². The smallest absolute Gasteiger partial charge is 0.407 e.